The summed E-state index contributed by atoms with van der Waals surface area (Å²) in [5, 5.41) is 39.3. The average Bonchev–Trinajstić information content (AvgIpc) is 3.40. The number of carbonyl (C=O) groups is 6. The minimum atomic E-state index is -0.886. The zero-order chi connectivity index (χ0) is 52.1. The maximum atomic E-state index is 13.6. The second-order valence-corrected chi connectivity index (χ2v) is 21.5. The van der Waals surface area contributed by atoms with Crippen molar-refractivity contribution in [2.75, 3.05) is 62.2 Å². The molecule has 2 unspecified atom stereocenters. The number of piperidine rings is 4. The topological polar surface area (TPSA) is 196 Å². The first-order valence-electron chi connectivity index (χ1n) is 24.2. The molecule has 73 heavy (non-hydrogen) atoms. The standard InChI is InChI=1S/C54H54Cl4N4O10S/c55-47-39(11-13-45(63)59-21-15-31(16-22-59)51(65)66)41(33-5-1-9-37(25-33)61-19-3-7-35(29-61)53(69)70)27-43(49(47)57)73-44-28-42(34-6-2-10-38(26-34)62-20-4-8-36(30-62)54(71)72)40(48(56)50(44)58)12-14-46(64)60-23-17-32(18-24-60)52(67)68/h1-2,5-6,9-14,25-28,31-32,35-36H,3-4,7-8,15-24,29-30H2,(H,65,66)(H,67,68)(H,69,70)(H,71,72)/b13-11+,14-12+. The van der Waals surface area contributed by atoms with Crippen LogP contribution in [0.2, 0.25) is 20.1 Å². The van der Waals surface area contributed by atoms with Crippen LogP contribution in [0.15, 0.2) is 82.6 Å². The Labute approximate surface area is 447 Å². The second-order valence-electron chi connectivity index (χ2n) is 18.9. The molecule has 0 radical (unpaired) electrons. The van der Waals surface area contributed by atoms with Crippen LogP contribution in [0.25, 0.3) is 34.4 Å². The molecule has 14 nitrogen and oxygen atoms in total. The molecule has 0 aliphatic carbocycles. The lowest BCUT2D eigenvalue weighted by Gasteiger charge is -2.33. The molecular weight excluding hydrogens is 1040 g/mol. The summed E-state index contributed by atoms with van der Waals surface area (Å²) in [5.41, 5.74) is 5.07. The molecule has 2 atom stereocenters. The normalized spacial score (nSPS) is 19.2. The number of rotatable bonds is 14. The largest absolute Gasteiger partial charge is 0.481 e. The number of likely N-dealkylation sites (tertiary alicyclic amines) is 2. The third-order valence-electron chi connectivity index (χ3n) is 14.3. The summed E-state index contributed by atoms with van der Waals surface area (Å²) in [4.78, 5) is 82.7. The van der Waals surface area contributed by atoms with Crippen molar-refractivity contribution in [3.05, 3.63) is 104 Å². The van der Waals surface area contributed by atoms with Crippen LogP contribution in [0.5, 0.6) is 0 Å². The van der Waals surface area contributed by atoms with Crippen molar-refractivity contribution in [1.82, 2.24) is 9.80 Å². The molecule has 0 aromatic heterocycles. The highest BCUT2D eigenvalue weighted by atomic mass is 35.5. The molecule has 4 N–H and O–H groups in total. The van der Waals surface area contributed by atoms with E-state index in [1.54, 1.807) is 22.0 Å². The maximum Gasteiger partial charge on any atom is 0.308 e. The first-order chi connectivity index (χ1) is 35.0. The zero-order valence-corrected chi connectivity index (χ0v) is 43.5. The number of nitrogens with zero attached hydrogens (tertiary/aromatic N) is 4. The molecule has 4 aliphatic heterocycles. The first-order valence-corrected chi connectivity index (χ1v) is 26.6. The molecule has 19 heteroatoms. The van der Waals surface area contributed by atoms with Gasteiger partial charge < -0.3 is 40.0 Å². The number of amides is 2. The van der Waals surface area contributed by atoms with Gasteiger partial charge in [-0.3, -0.25) is 28.8 Å². The van der Waals surface area contributed by atoms with Gasteiger partial charge in [-0.15, -0.1) is 0 Å². The van der Waals surface area contributed by atoms with Crippen LogP contribution >= 0.6 is 58.2 Å². The number of halogens is 4. The van der Waals surface area contributed by atoms with Gasteiger partial charge in [0.15, 0.2) is 0 Å². The maximum absolute atomic E-state index is 13.6. The van der Waals surface area contributed by atoms with Gasteiger partial charge in [-0.1, -0.05) is 82.4 Å². The Morgan fingerprint density at radius 2 is 0.849 bits per heavy atom. The van der Waals surface area contributed by atoms with E-state index in [1.807, 2.05) is 70.5 Å². The Morgan fingerprint density at radius 3 is 1.21 bits per heavy atom. The van der Waals surface area contributed by atoms with E-state index in [0.717, 1.165) is 11.4 Å². The Balaban J connectivity index is 1.20. The molecule has 4 aliphatic rings. The third-order valence-corrected chi connectivity index (χ3v) is 17.4. The minimum absolute atomic E-state index is 0.131. The Bertz CT molecular complexity index is 2690. The monoisotopic (exact) mass is 1090 g/mol. The predicted molar refractivity (Wildman–Crippen MR) is 285 cm³/mol. The predicted octanol–water partition coefficient (Wildman–Crippen LogP) is 11.1. The summed E-state index contributed by atoms with van der Waals surface area (Å²) in [6, 6.07) is 18.9. The van der Waals surface area contributed by atoms with Crippen LogP contribution < -0.4 is 9.80 Å². The SMILES string of the molecule is O=C(O)C1CCN(C(=O)/C=C/c2c(-c3cccc(N4CCCC(C(=O)O)C4)c3)cc(Sc3cc(-c4cccc(N5CCCC(C(=O)O)C5)c4)c(/C=C/C(=O)N4CCC(C(=O)O)CC4)c(Cl)c3Cl)c(Cl)c2Cl)CC1. The molecule has 4 aromatic rings. The number of carboxylic acids is 4. The van der Waals surface area contributed by atoms with Gasteiger partial charge in [0.25, 0.3) is 0 Å². The first kappa shape index (κ1) is 53.6. The van der Waals surface area contributed by atoms with Gasteiger partial charge in [0, 0.05) is 96.8 Å². The number of hydrogen-bond donors (Lipinski definition) is 4. The van der Waals surface area contributed by atoms with E-state index in [0.29, 0.717) is 121 Å². The van der Waals surface area contributed by atoms with Gasteiger partial charge in [-0.25, -0.2) is 0 Å². The number of carbonyl (C=O) groups excluding carboxylic acids is 2. The number of anilines is 2. The molecule has 4 fully saturated rings. The molecule has 8 rings (SSSR count). The Kier molecular flexibility index (Phi) is 17.4. The quantitative estimate of drug-likeness (QED) is 0.0872. The van der Waals surface area contributed by atoms with Gasteiger partial charge >= 0.3 is 23.9 Å². The van der Waals surface area contributed by atoms with E-state index in [1.165, 1.54) is 23.9 Å². The molecule has 4 aromatic carbocycles. The summed E-state index contributed by atoms with van der Waals surface area (Å²) in [6.45, 7) is 3.10. The van der Waals surface area contributed by atoms with Gasteiger partial charge in [0.2, 0.25) is 11.8 Å². The van der Waals surface area contributed by atoms with E-state index >= 15 is 0 Å². The highest BCUT2D eigenvalue weighted by Gasteiger charge is 2.31. The summed E-state index contributed by atoms with van der Waals surface area (Å²) < 4.78 is 0. The molecule has 2 amide bonds. The molecule has 4 saturated heterocycles. The van der Waals surface area contributed by atoms with Crippen molar-refractivity contribution in [1.29, 1.82) is 0 Å². The summed E-state index contributed by atoms with van der Waals surface area (Å²) in [6.07, 6.45) is 9.89. The molecule has 0 bridgehead atoms. The van der Waals surface area contributed by atoms with E-state index in [4.69, 9.17) is 46.4 Å². The summed E-state index contributed by atoms with van der Waals surface area (Å²) in [7, 11) is 0. The van der Waals surface area contributed by atoms with Gasteiger partial charge in [-0.05, 0) is 122 Å². The van der Waals surface area contributed by atoms with Crippen LogP contribution in [0.1, 0.15) is 62.5 Å². The van der Waals surface area contributed by atoms with Crippen LogP contribution in [-0.2, 0) is 28.8 Å². The fourth-order valence-corrected chi connectivity index (χ4v) is 12.2. The van der Waals surface area contributed by atoms with Gasteiger partial charge in [-0.2, -0.15) is 0 Å². The summed E-state index contributed by atoms with van der Waals surface area (Å²) >= 11 is 30.1. The fraction of sp³-hybridized carbons (Fsp3) is 0.370. The van der Waals surface area contributed by atoms with E-state index < -0.39 is 47.5 Å². The average molecular weight is 1090 g/mol. The van der Waals surface area contributed by atoms with Crippen molar-refractivity contribution >= 4 is 117 Å². The van der Waals surface area contributed by atoms with E-state index in [2.05, 4.69) is 0 Å². The van der Waals surface area contributed by atoms with Crippen molar-refractivity contribution in [2.45, 2.75) is 61.2 Å². The molecule has 384 valence electrons. The second kappa shape index (κ2) is 23.7. The third kappa shape index (κ3) is 12.5. The van der Waals surface area contributed by atoms with Crippen LogP contribution in [0.3, 0.4) is 0 Å². The number of carboxylic acid groups (broad SMARTS) is 4. The number of hydrogen-bond acceptors (Lipinski definition) is 9. The Morgan fingerprint density at radius 1 is 0.479 bits per heavy atom. The van der Waals surface area contributed by atoms with Crippen molar-refractivity contribution in [2.24, 2.45) is 23.7 Å². The summed E-state index contributed by atoms with van der Waals surface area (Å²) in [5.74, 6) is -6.21. The highest BCUT2D eigenvalue weighted by Crippen LogP contribution is 2.49. The van der Waals surface area contributed by atoms with E-state index in [9.17, 15) is 49.2 Å². The molecule has 0 spiro atoms. The molecule has 0 saturated carbocycles. The number of benzene rings is 4. The van der Waals surface area contributed by atoms with Crippen molar-refractivity contribution in [3.8, 4) is 22.3 Å². The fourth-order valence-electron chi connectivity index (χ4n) is 10.1. The highest BCUT2D eigenvalue weighted by molar-refractivity contribution is 7.99. The zero-order valence-electron chi connectivity index (χ0n) is 39.7. The lowest BCUT2D eigenvalue weighted by atomic mass is 9.95. The van der Waals surface area contributed by atoms with Gasteiger partial charge in [0.05, 0.1) is 43.8 Å². The smallest absolute Gasteiger partial charge is 0.308 e. The van der Waals surface area contributed by atoms with Crippen molar-refractivity contribution < 1.29 is 49.2 Å². The van der Waals surface area contributed by atoms with Crippen LogP contribution in [0.4, 0.5) is 11.4 Å². The van der Waals surface area contributed by atoms with E-state index in [-0.39, 0.29) is 58.1 Å². The lowest BCUT2D eigenvalue weighted by molar-refractivity contribution is -0.145. The Hall–Kier alpha value is -5.71. The minimum Gasteiger partial charge on any atom is -0.481 e. The molecule has 4 heterocycles. The van der Waals surface area contributed by atoms with Crippen LogP contribution in [-0.4, -0.2) is 118 Å². The van der Waals surface area contributed by atoms with Gasteiger partial charge in [0.1, 0.15) is 0 Å². The van der Waals surface area contributed by atoms with Crippen molar-refractivity contribution in [3.63, 3.8) is 0 Å². The number of aliphatic carboxylic acids is 4. The van der Waals surface area contributed by atoms with Crippen LogP contribution in [0, 0.1) is 23.7 Å². The lowest BCUT2D eigenvalue weighted by Crippen LogP contribution is -2.39. The molecular formula is C54H54Cl4N4O10S.